The number of hydrogen-bond donors (Lipinski definition) is 0. The molecule has 7 aromatic carbocycles. The molecule has 51 heavy (non-hydrogen) atoms. The molecule has 1 aliphatic carbocycles. The van der Waals surface area contributed by atoms with E-state index in [0.29, 0.717) is 0 Å². The highest BCUT2D eigenvalue weighted by Gasteiger charge is 2.35. The summed E-state index contributed by atoms with van der Waals surface area (Å²) in [5.41, 5.74) is 15.5. The third kappa shape index (κ3) is 5.64. The Morgan fingerprint density at radius 2 is 0.902 bits per heavy atom. The zero-order valence-electron chi connectivity index (χ0n) is 28.5. The first-order valence-corrected chi connectivity index (χ1v) is 18.1. The molecule has 0 aliphatic heterocycles. The van der Waals surface area contributed by atoms with E-state index in [9.17, 15) is 0 Å². The van der Waals surface area contributed by atoms with Gasteiger partial charge in [-0.2, -0.15) is 4.37 Å². The van der Waals surface area contributed by atoms with E-state index in [-0.39, 0.29) is 5.41 Å². The second-order valence-electron chi connectivity index (χ2n) is 13.6. The Kier molecular flexibility index (Phi) is 7.67. The molecule has 244 valence electrons. The van der Waals surface area contributed by atoms with E-state index in [2.05, 4.69) is 189 Å². The smallest absolute Gasteiger partial charge is 0.173 e. The van der Waals surface area contributed by atoms with Crippen molar-refractivity contribution in [3.63, 3.8) is 0 Å². The van der Waals surface area contributed by atoms with Gasteiger partial charge in [0.1, 0.15) is 5.01 Å². The summed E-state index contributed by atoms with van der Waals surface area (Å²) in [6.45, 7) is 4.65. The van der Waals surface area contributed by atoms with Crippen molar-refractivity contribution >= 4 is 28.6 Å². The molecule has 3 nitrogen and oxygen atoms in total. The second kappa shape index (κ2) is 12.7. The second-order valence-corrected chi connectivity index (χ2v) is 14.3. The van der Waals surface area contributed by atoms with Crippen LogP contribution in [0.2, 0.25) is 0 Å². The third-order valence-electron chi connectivity index (χ3n) is 10.1. The van der Waals surface area contributed by atoms with Gasteiger partial charge in [-0.25, -0.2) is 4.98 Å². The Hall–Kier alpha value is -6.10. The van der Waals surface area contributed by atoms with E-state index in [1.54, 1.807) is 0 Å². The first-order chi connectivity index (χ1) is 25.0. The van der Waals surface area contributed by atoms with Crippen LogP contribution in [0.3, 0.4) is 0 Å². The van der Waals surface area contributed by atoms with Gasteiger partial charge in [-0.15, -0.1) is 0 Å². The molecular weight excluding hydrogens is 639 g/mol. The Morgan fingerprint density at radius 1 is 0.431 bits per heavy atom. The van der Waals surface area contributed by atoms with Crippen LogP contribution in [0.25, 0.3) is 55.3 Å². The minimum Gasteiger partial charge on any atom is -0.310 e. The van der Waals surface area contributed by atoms with Crippen LogP contribution >= 0.6 is 11.5 Å². The van der Waals surface area contributed by atoms with Crippen LogP contribution in [-0.2, 0) is 5.41 Å². The summed E-state index contributed by atoms with van der Waals surface area (Å²) in [7, 11) is 0. The van der Waals surface area contributed by atoms with Gasteiger partial charge >= 0.3 is 0 Å². The van der Waals surface area contributed by atoms with Crippen molar-refractivity contribution in [3.05, 3.63) is 187 Å². The molecule has 0 saturated heterocycles. The monoisotopic (exact) mass is 673 g/mol. The fourth-order valence-electron chi connectivity index (χ4n) is 7.38. The van der Waals surface area contributed by atoms with Crippen molar-refractivity contribution in [2.45, 2.75) is 19.3 Å². The molecule has 1 heterocycles. The largest absolute Gasteiger partial charge is 0.310 e. The molecule has 0 fully saturated rings. The molecule has 0 spiro atoms. The highest BCUT2D eigenvalue weighted by molar-refractivity contribution is 7.09. The fraction of sp³-hybridized carbons (Fsp3) is 0.0638. The molecular formula is C47H35N3S. The lowest BCUT2D eigenvalue weighted by Gasteiger charge is -2.27. The van der Waals surface area contributed by atoms with Crippen molar-refractivity contribution in [2.24, 2.45) is 0 Å². The third-order valence-corrected chi connectivity index (χ3v) is 10.9. The summed E-state index contributed by atoms with van der Waals surface area (Å²) < 4.78 is 4.76. The summed E-state index contributed by atoms with van der Waals surface area (Å²) in [6.07, 6.45) is 0. The summed E-state index contributed by atoms with van der Waals surface area (Å²) in [6, 6.07) is 62.8. The van der Waals surface area contributed by atoms with E-state index in [4.69, 9.17) is 9.36 Å². The lowest BCUT2D eigenvalue weighted by Crippen LogP contribution is -2.15. The predicted octanol–water partition coefficient (Wildman–Crippen LogP) is 13.0. The zero-order chi connectivity index (χ0) is 34.4. The SMILES string of the molecule is CC1(C)c2ccccc2-c2cc(N(c3ccc(-c4ccccc4)cc3)c3ccc(-c4nsc(-c5ccc(-c6ccccc6)cc5)n4)cc3)ccc21. The number of anilines is 3. The van der Waals surface area contributed by atoms with Crippen molar-refractivity contribution in [2.75, 3.05) is 4.90 Å². The van der Waals surface area contributed by atoms with Crippen LogP contribution in [0.1, 0.15) is 25.0 Å². The van der Waals surface area contributed by atoms with Crippen LogP contribution in [0.5, 0.6) is 0 Å². The highest BCUT2D eigenvalue weighted by atomic mass is 32.1. The van der Waals surface area contributed by atoms with E-state index in [0.717, 1.165) is 39.0 Å². The van der Waals surface area contributed by atoms with E-state index < -0.39 is 0 Å². The summed E-state index contributed by atoms with van der Waals surface area (Å²) in [5.74, 6) is 0.740. The highest BCUT2D eigenvalue weighted by Crippen LogP contribution is 2.50. The first kappa shape index (κ1) is 30.9. The zero-order valence-corrected chi connectivity index (χ0v) is 29.3. The average molecular weight is 674 g/mol. The van der Waals surface area contributed by atoms with Gasteiger partial charge in [-0.05, 0) is 105 Å². The normalized spacial score (nSPS) is 12.7. The Morgan fingerprint density at radius 3 is 1.53 bits per heavy atom. The Balaban J connectivity index is 1.06. The predicted molar refractivity (Wildman–Crippen MR) is 214 cm³/mol. The van der Waals surface area contributed by atoms with Gasteiger partial charge in [-0.3, -0.25) is 0 Å². The van der Waals surface area contributed by atoms with Crippen molar-refractivity contribution in [1.29, 1.82) is 0 Å². The number of aromatic nitrogens is 2. The number of benzene rings is 7. The van der Waals surface area contributed by atoms with Crippen LogP contribution in [-0.4, -0.2) is 9.36 Å². The lowest BCUT2D eigenvalue weighted by molar-refractivity contribution is 0.660. The maximum atomic E-state index is 4.95. The summed E-state index contributed by atoms with van der Waals surface area (Å²) in [5, 5.41) is 0.912. The maximum Gasteiger partial charge on any atom is 0.173 e. The number of rotatable bonds is 7. The molecule has 0 amide bonds. The van der Waals surface area contributed by atoms with Gasteiger partial charge in [0.25, 0.3) is 0 Å². The minimum absolute atomic E-state index is 0.0441. The molecule has 8 aromatic rings. The summed E-state index contributed by atoms with van der Waals surface area (Å²) >= 11 is 1.44. The van der Waals surface area contributed by atoms with E-state index in [1.807, 2.05) is 6.07 Å². The fourth-order valence-corrected chi connectivity index (χ4v) is 8.07. The van der Waals surface area contributed by atoms with Gasteiger partial charge in [0.05, 0.1) is 0 Å². The minimum atomic E-state index is -0.0441. The average Bonchev–Trinajstić information content (AvgIpc) is 3.78. The van der Waals surface area contributed by atoms with Crippen LogP contribution in [0, 0.1) is 0 Å². The lowest BCUT2D eigenvalue weighted by atomic mass is 9.82. The van der Waals surface area contributed by atoms with Crippen molar-refractivity contribution in [3.8, 4) is 55.3 Å². The first-order valence-electron chi connectivity index (χ1n) is 17.3. The number of fused-ring (bicyclic) bond motifs is 3. The Bertz CT molecular complexity index is 2460. The summed E-state index contributed by atoms with van der Waals surface area (Å²) in [4.78, 5) is 7.30. The van der Waals surface area contributed by atoms with Gasteiger partial charge in [0.15, 0.2) is 5.82 Å². The molecule has 0 radical (unpaired) electrons. The molecule has 1 aliphatic rings. The van der Waals surface area contributed by atoms with Crippen LogP contribution in [0.15, 0.2) is 176 Å². The van der Waals surface area contributed by atoms with Crippen LogP contribution in [0.4, 0.5) is 17.1 Å². The van der Waals surface area contributed by atoms with Crippen molar-refractivity contribution < 1.29 is 0 Å². The molecule has 4 heteroatoms. The maximum absolute atomic E-state index is 4.95. The molecule has 0 bridgehead atoms. The topological polar surface area (TPSA) is 29.0 Å². The molecule has 0 atom stereocenters. The van der Waals surface area contributed by atoms with Gasteiger partial charge < -0.3 is 4.90 Å². The molecule has 0 saturated carbocycles. The standard InChI is InChI=1S/C47H35N3S/c1-47(2)43-16-10-9-15-41(43)42-31-40(29-30-44(42)47)50(38-25-21-35(22-26-38)33-13-7-4-8-14-33)39-27-23-36(24-28-39)45-48-46(51-49-45)37-19-17-34(18-20-37)32-11-5-3-6-12-32/h3-31H,1-2H3. The molecule has 1 aromatic heterocycles. The molecule has 9 rings (SSSR count). The van der Waals surface area contributed by atoms with Crippen molar-refractivity contribution in [1.82, 2.24) is 9.36 Å². The van der Waals surface area contributed by atoms with Gasteiger partial charge in [0, 0.05) is 33.6 Å². The van der Waals surface area contributed by atoms with Gasteiger partial charge in [-0.1, -0.05) is 141 Å². The van der Waals surface area contributed by atoms with Gasteiger partial charge in [0.2, 0.25) is 0 Å². The van der Waals surface area contributed by atoms with E-state index >= 15 is 0 Å². The quantitative estimate of drug-likeness (QED) is 0.169. The van der Waals surface area contributed by atoms with E-state index in [1.165, 1.54) is 56.0 Å². The molecule has 0 unspecified atom stereocenters. The number of nitrogens with zero attached hydrogens (tertiary/aromatic N) is 3. The Labute approximate surface area is 303 Å². The van der Waals surface area contributed by atoms with Crippen LogP contribution < -0.4 is 4.90 Å². The molecule has 0 N–H and O–H groups in total. The number of hydrogen-bond acceptors (Lipinski definition) is 4.